The predicted molar refractivity (Wildman–Crippen MR) is 86.2 cm³/mol. The van der Waals surface area contributed by atoms with Crippen molar-refractivity contribution >= 4 is 23.3 Å². The number of nitro benzene ring substituents is 1. The van der Waals surface area contributed by atoms with Crippen LogP contribution in [0.25, 0.3) is 0 Å². The monoisotopic (exact) mass is 332 g/mol. The van der Waals surface area contributed by atoms with E-state index in [2.05, 4.69) is 5.32 Å². The number of nitrogens with zero attached hydrogens (tertiary/aromatic N) is 1. The number of ether oxygens (including phenoxy) is 1. The third-order valence-electron chi connectivity index (χ3n) is 5.02. The number of benzene rings is 1. The molecule has 0 aliphatic heterocycles. The van der Waals surface area contributed by atoms with E-state index in [1.165, 1.54) is 37.5 Å². The summed E-state index contributed by atoms with van der Waals surface area (Å²) in [4.78, 5) is 33.8. The van der Waals surface area contributed by atoms with Gasteiger partial charge >= 0.3 is 5.97 Å². The number of hydrogen-bond donors (Lipinski definition) is 1. The molecule has 0 heterocycles. The first-order valence-corrected chi connectivity index (χ1v) is 8.21. The Labute approximate surface area is 139 Å². The number of amides is 1. The molecule has 2 bridgehead atoms. The average molecular weight is 332 g/mol. The zero-order valence-corrected chi connectivity index (χ0v) is 13.3. The van der Waals surface area contributed by atoms with Gasteiger partial charge in [-0.2, -0.15) is 0 Å². The van der Waals surface area contributed by atoms with Gasteiger partial charge in [0.25, 0.3) is 11.6 Å². The van der Waals surface area contributed by atoms with E-state index in [1.807, 2.05) is 0 Å². The molecule has 0 aromatic heterocycles. The molecule has 3 atom stereocenters. The Bertz CT molecular complexity index is 660. The van der Waals surface area contributed by atoms with E-state index >= 15 is 0 Å². The van der Waals surface area contributed by atoms with Gasteiger partial charge in [0.15, 0.2) is 6.61 Å². The van der Waals surface area contributed by atoms with Crippen LogP contribution in [-0.4, -0.2) is 23.4 Å². The van der Waals surface area contributed by atoms with Gasteiger partial charge in [0, 0.05) is 24.2 Å². The van der Waals surface area contributed by atoms with Crippen molar-refractivity contribution in [3.63, 3.8) is 0 Å². The topological polar surface area (TPSA) is 98.5 Å². The van der Waals surface area contributed by atoms with Crippen molar-refractivity contribution in [3.05, 3.63) is 34.4 Å². The fraction of sp³-hybridized carbons (Fsp3) is 0.529. The number of carbonyl (C=O) groups is 2. The first-order chi connectivity index (χ1) is 11.5. The highest BCUT2D eigenvalue weighted by Crippen LogP contribution is 2.49. The summed E-state index contributed by atoms with van der Waals surface area (Å²) in [6.07, 6.45) is 5.19. The molecule has 2 fully saturated rings. The van der Waals surface area contributed by atoms with Crippen LogP contribution in [0.2, 0.25) is 0 Å². The van der Waals surface area contributed by atoms with Crippen molar-refractivity contribution in [2.45, 2.75) is 32.1 Å². The third-order valence-corrected chi connectivity index (χ3v) is 5.02. The molecule has 2 saturated carbocycles. The Morgan fingerprint density at radius 1 is 1.29 bits per heavy atom. The minimum atomic E-state index is -0.537. The van der Waals surface area contributed by atoms with Crippen molar-refractivity contribution in [1.29, 1.82) is 0 Å². The van der Waals surface area contributed by atoms with Gasteiger partial charge < -0.3 is 10.1 Å². The minimum Gasteiger partial charge on any atom is -0.456 e. The van der Waals surface area contributed by atoms with Crippen LogP contribution in [0.5, 0.6) is 0 Å². The van der Waals surface area contributed by atoms with Gasteiger partial charge in [-0.25, -0.2) is 0 Å². The fourth-order valence-electron chi connectivity index (χ4n) is 3.94. The van der Waals surface area contributed by atoms with E-state index in [4.69, 9.17) is 4.74 Å². The number of fused-ring (bicyclic) bond motifs is 2. The van der Waals surface area contributed by atoms with Crippen LogP contribution in [0.4, 0.5) is 11.4 Å². The van der Waals surface area contributed by atoms with Gasteiger partial charge in [-0.3, -0.25) is 19.7 Å². The van der Waals surface area contributed by atoms with Gasteiger partial charge in [-0.15, -0.1) is 0 Å². The Kier molecular flexibility index (Phi) is 4.78. The maximum atomic E-state index is 11.9. The number of hydrogen-bond acceptors (Lipinski definition) is 5. The molecular formula is C17H20N2O5. The Hall–Kier alpha value is -2.44. The molecule has 3 rings (SSSR count). The average Bonchev–Trinajstić information content (AvgIpc) is 3.16. The summed E-state index contributed by atoms with van der Waals surface area (Å²) in [5.41, 5.74) is 0.194. The molecule has 1 N–H and O–H groups in total. The van der Waals surface area contributed by atoms with Gasteiger partial charge in [0.2, 0.25) is 0 Å². The zero-order valence-electron chi connectivity index (χ0n) is 13.3. The van der Waals surface area contributed by atoms with E-state index in [0.717, 1.165) is 12.3 Å². The SMILES string of the molecule is O=C(COC(=O)C[C@@H]1C[C@H]2CC[C@@H]1C2)Nc1cccc([N+](=O)[O-])c1. The minimum absolute atomic E-state index is 0.110. The number of anilines is 1. The van der Waals surface area contributed by atoms with Gasteiger partial charge in [-0.1, -0.05) is 12.5 Å². The number of esters is 1. The van der Waals surface area contributed by atoms with Crippen LogP contribution in [-0.2, 0) is 14.3 Å². The molecule has 1 amide bonds. The standard InChI is InChI=1S/C17H20N2O5/c20-16(18-14-2-1-3-15(9-14)19(22)23)10-24-17(21)8-13-7-11-4-5-12(13)6-11/h1-3,9,11-13H,4-8,10H2,(H,18,20)/t11-,12+,13-/m0/s1. The van der Waals surface area contributed by atoms with Gasteiger partial charge in [-0.05, 0) is 43.1 Å². The maximum absolute atomic E-state index is 11.9. The third kappa shape index (κ3) is 3.90. The molecular weight excluding hydrogens is 312 g/mol. The molecule has 0 unspecified atom stereocenters. The Morgan fingerprint density at radius 2 is 2.12 bits per heavy atom. The van der Waals surface area contributed by atoms with Crippen molar-refractivity contribution in [3.8, 4) is 0 Å². The summed E-state index contributed by atoms with van der Waals surface area (Å²) in [5, 5.41) is 13.2. The van der Waals surface area contributed by atoms with Crippen molar-refractivity contribution in [2.75, 3.05) is 11.9 Å². The van der Waals surface area contributed by atoms with Crippen LogP contribution in [0, 0.1) is 27.9 Å². The predicted octanol–water partition coefficient (Wildman–Crippen LogP) is 2.90. The Balaban J connectivity index is 1.43. The van der Waals surface area contributed by atoms with E-state index in [1.54, 1.807) is 6.07 Å². The van der Waals surface area contributed by atoms with Crippen molar-refractivity contribution in [2.24, 2.45) is 17.8 Å². The second-order valence-corrected chi connectivity index (χ2v) is 6.66. The van der Waals surface area contributed by atoms with Crippen LogP contribution in [0.15, 0.2) is 24.3 Å². The smallest absolute Gasteiger partial charge is 0.306 e. The second-order valence-electron chi connectivity index (χ2n) is 6.66. The molecule has 7 heteroatoms. The number of rotatable bonds is 6. The molecule has 128 valence electrons. The van der Waals surface area contributed by atoms with Crippen LogP contribution >= 0.6 is 0 Å². The van der Waals surface area contributed by atoms with Crippen LogP contribution < -0.4 is 5.32 Å². The number of non-ortho nitro benzene ring substituents is 1. The largest absolute Gasteiger partial charge is 0.456 e. The first-order valence-electron chi connectivity index (χ1n) is 8.21. The molecule has 1 aromatic carbocycles. The van der Waals surface area contributed by atoms with E-state index in [-0.39, 0.29) is 18.3 Å². The van der Waals surface area contributed by atoms with Crippen LogP contribution in [0.3, 0.4) is 0 Å². The maximum Gasteiger partial charge on any atom is 0.306 e. The highest BCUT2D eigenvalue weighted by molar-refractivity contribution is 5.93. The highest BCUT2D eigenvalue weighted by atomic mass is 16.6. The lowest BCUT2D eigenvalue weighted by molar-refractivity contribution is -0.384. The summed E-state index contributed by atoms with van der Waals surface area (Å²) < 4.78 is 5.04. The van der Waals surface area contributed by atoms with Crippen molar-refractivity contribution in [1.82, 2.24) is 0 Å². The number of nitrogens with one attached hydrogen (secondary N) is 1. The molecule has 0 radical (unpaired) electrons. The molecule has 2 aliphatic rings. The van der Waals surface area contributed by atoms with E-state index < -0.39 is 10.8 Å². The summed E-state index contributed by atoms with van der Waals surface area (Å²) >= 11 is 0. The highest BCUT2D eigenvalue weighted by Gasteiger charge is 2.40. The lowest BCUT2D eigenvalue weighted by atomic mass is 9.86. The summed E-state index contributed by atoms with van der Waals surface area (Å²) in [6.45, 7) is -0.373. The first kappa shape index (κ1) is 16.4. The van der Waals surface area contributed by atoms with Crippen molar-refractivity contribution < 1.29 is 19.2 Å². The molecule has 24 heavy (non-hydrogen) atoms. The molecule has 0 spiro atoms. The lowest BCUT2D eigenvalue weighted by Crippen LogP contribution is -2.23. The second kappa shape index (κ2) is 6.98. The van der Waals surface area contributed by atoms with E-state index in [9.17, 15) is 19.7 Å². The number of nitro groups is 1. The van der Waals surface area contributed by atoms with E-state index in [0.29, 0.717) is 23.9 Å². The van der Waals surface area contributed by atoms with Crippen LogP contribution in [0.1, 0.15) is 32.1 Å². The number of carbonyl (C=O) groups excluding carboxylic acids is 2. The zero-order chi connectivity index (χ0) is 17.1. The summed E-state index contributed by atoms with van der Waals surface area (Å²) in [7, 11) is 0. The van der Waals surface area contributed by atoms with Gasteiger partial charge in [0.05, 0.1) is 4.92 Å². The molecule has 7 nitrogen and oxygen atoms in total. The summed E-state index contributed by atoms with van der Waals surface area (Å²) in [5.74, 6) is 0.959. The van der Waals surface area contributed by atoms with Gasteiger partial charge in [0.1, 0.15) is 0 Å². The quantitative estimate of drug-likeness (QED) is 0.490. The Morgan fingerprint density at radius 3 is 2.79 bits per heavy atom. The fourth-order valence-corrected chi connectivity index (χ4v) is 3.94. The summed E-state index contributed by atoms with van der Waals surface area (Å²) in [6, 6.07) is 5.62. The lowest BCUT2D eigenvalue weighted by Gasteiger charge is -2.20. The molecule has 0 saturated heterocycles. The molecule has 2 aliphatic carbocycles. The molecule has 1 aromatic rings. The normalized spacial score (nSPS) is 24.6.